The SMILES string of the molecule is BrCN1CCCCC1.N. The highest BCUT2D eigenvalue weighted by Crippen LogP contribution is 2.08. The van der Waals surface area contributed by atoms with Gasteiger partial charge in [-0.2, -0.15) is 0 Å². The third kappa shape index (κ3) is 3.18. The zero-order chi connectivity index (χ0) is 5.82. The van der Waals surface area contributed by atoms with Gasteiger partial charge in [-0.15, -0.1) is 0 Å². The molecule has 0 spiro atoms. The van der Waals surface area contributed by atoms with Crippen molar-refractivity contribution in [3.63, 3.8) is 0 Å². The van der Waals surface area contributed by atoms with Crippen molar-refractivity contribution >= 4 is 15.9 Å². The predicted octanol–water partition coefficient (Wildman–Crippen LogP) is 1.99. The Balaban J connectivity index is 0.000000640. The van der Waals surface area contributed by atoms with Crippen LogP contribution in [0.25, 0.3) is 0 Å². The zero-order valence-corrected chi connectivity index (χ0v) is 7.36. The fourth-order valence-corrected chi connectivity index (χ4v) is 1.58. The van der Waals surface area contributed by atoms with E-state index in [2.05, 4.69) is 20.8 Å². The van der Waals surface area contributed by atoms with E-state index in [0.29, 0.717) is 0 Å². The molecule has 1 rings (SSSR count). The van der Waals surface area contributed by atoms with E-state index in [-0.39, 0.29) is 6.15 Å². The Labute approximate surface area is 65.3 Å². The predicted molar refractivity (Wildman–Crippen MR) is 44.2 cm³/mol. The van der Waals surface area contributed by atoms with Gasteiger partial charge in [0, 0.05) is 0 Å². The molecule has 1 saturated heterocycles. The fraction of sp³-hybridized carbons (Fsp3) is 1.00. The van der Waals surface area contributed by atoms with E-state index in [0.717, 1.165) is 5.45 Å². The van der Waals surface area contributed by atoms with Crippen LogP contribution in [-0.2, 0) is 0 Å². The van der Waals surface area contributed by atoms with Gasteiger partial charge in [0.25, 0.3) is 0 Å². The van der Waals surface area contributed by atoms with Gasteiger partial charge in [-0.1, -0.05) is 22.4 Å². The molecule has 3 N–H and O–H groups in total. The molecule has 1 aliphatic heterocycles. The van der Waals surface area contributed by atoms with E-state index < -0.39 is 0 Å². The molecule has 0 aromatic rings. The number of alkyl halides is 1. The van der Waals surface area contributed by atoms with Crippen LogP contribution in [0.4, 0.5) is 0 Å². The van der Waals surface area contributed by atoms with Gasteiger partial charge in [0.1, 0.15) is 0 Å². The monoisotopic (exact) mass is 194 g/mol. The van der Waals surface area contributed by atoms with Crippen molar-refractivity contribution in [2.45, 2.75) is 19.3 Å². The van der Waals surface area contributed by atoms with Crippen molar-refractivity contribution in [3.8, 4) is 0 Å². The number of nitrogens with zero attached hydrogens (tertiary/aromatic N) is 1. The maximum Gasteiger partial charge on any atom is 0.0542 e. The summed E-state index contributed by atoms with van der Waals surface area (Å²) >= 11 is 3.44. The summed E-state index contributed by atoms with van der Waals surface area (Å²) in [4.78, 5) is 2.43. The lowest BCUT2D eigenvalue weighted by atomic mass is 10.1. The van der Waals surface area contributed by atoms with E-state index in [1.165, 1.54) is 32.4 Å². The van der Waals surface area contributed by atoms with Crippen molar-refractivity contribution in [2.24, 2.45) is 0 Å². The van der Waals surface area contributed by atoms with E-state index >= 15 is 0 Å². The maximum atomic E-state index is 3.44. The normalized spacial score (nSPS) is 21.0. The van der Waals surface area contributed by atoms with Gasteiger partial charge in [0.15, 0.2) is 0 Å². The number of likely N-dealkylation sites (tertiary alicyclic amines) is 1. The molecular weight excluding hydrogens is 180 g/mol. The number of piperidine rings is 1. The number of hydrogen-bond acceptors (Lipinski definition) is 2. The van der Waals surface area contributed by atoms with Crippen LogP contribution in [0, 0.1) is 0 Å². The van der Waals surface area contributed by atoms with E-state index in [1.54, 1.807) is 0 Å². The molecule has 1 fully saturated rings. The number of rotatable bonds is 1. The van der Waals surface area contributed by atoms with Crippen LogP contribution in [0.3, 0.4) is 0 Å². The average molecular weight is 195 g/mol. The Kier molecular flexibility index (Phi) is 5.44. The highest BCUT2D eigenvalue weighted by atomic mass is 79.9. The summed E-state index contributed by atoms with van der Waals surface area (Å²) in [6.07, 6.45) is 4.22. The summed E-state index contributed by atoms with van der Waals surface area (Å²) < 4.78 is 0. The summed E-state index contributed by atoms with van der Waals surface area (Å²) in [7, 11) is 0. The first kappa shape index (κ1) is 9.40. The second-order valence-electron chi connectivity index (χ2n) is 2.30. The minimum Gasteiger partial charge on any atom is -0.344 e. The molecule has 9 heavy (non-hydrogen) atoms. The topological polar surface area (TPSA) is 38.2 Å². The standard InChI is InChI=1S/C6H12BrN.H3N/c7-6-8-4-2-1-3-5-8;/h1-6H2;1H3. The van der Waals surface area contributed by atoms with Crippen molar-refractivity contribution in [1.82, 2.24) is 11.1 Å². The molecule has 0 radical (unpaired) electrons. The van der Waals surface area contributed by atoms with Crippen LogP contribution >= 0.6 is 15.9 Å². The Morgan fingerprint density at radius 2 is 1.67 bits per heavy atom. The Bertz CT molecular complexity index is 62.1. The third-order valence-electron chi connectivity index (χ3n) is 1.62. The molecule has 56 valence electrons. The van der Waals surface area contributed by atoms with Crippen LogP contribution in [0.1, 0.15) is 19.3 Å². The number of hydrogen-bond donors (Lipinski definition) is 1. The third-order valence-corrected chi connectivity index (χ3v) is 2.33. The van der Waals surface area contributed by atoms with E-state index in [9.17, 15) is 0 Å². The van der Waals surface area contributed by atoms with Gasteiger partial charge < -0.3 is 6.15 Å². The van der Waals surface area contributed by atoms with E-state index in [4.69, 9.17) is 0 Å². The van der Waals surface area contributed by atoms with Crippen LogP contribution in [0.15, 0.2) is 0 Å². The highest BCUT2D eigenvalue weighted by molar-refractivity contribution is 9.09. The van der Waals surface area contributed by atoms with Gasteiger partial charge in [0.2, 0.25) is 0 Å². The first-order valence-electron chi connectivity index (χ1n) is 3.22. The molecule has 2 nitrogen and oxygen atoms in total. The van der Waals surface area contributed by atoms with Crippen LogP contribution in [-0.4, -0.2) is 23.4 Å². The van der Waals surface area contributed by atoms with Crippen LogP contribution < -0.4 is 6.15 Å². The van der Waals surface area contributed by atoms with Crippen molar-refractivity contribution in [1.29, 1.82) is 0 Å². The minimum absolute atomic E-state index is 0. The quantitative estimate of drug-likeness (QED) is 0.513. The Morgan fingerprint density at radius 1 is 1.11 bits per heavy atom. The summed E-state index contributed by atoms with van der Waals surface area (Å²) in [6.45, 7) is 2.59. The molecule has 0 unspecified atom stereocenters. The average Bonchev–Trinajstić information content (AvgIpc) is 1.90. The van der Waals surface area contributed by atoms with Gasteiger partial charge >= 0.3 is 0 Å². The van der Waals surface area contributed by atoms with Gasteiger partial charge in [-0.25, -0.2) is 0 Å². The Hall–Kier alpha value is 0.400. The molecule has 0 amide bonds. The molecule has 1 heterocycles. The Morgan fingerprint density at radius 3 is 2.00 bits per heavy atom. The smallest absolute Gasteiger partial charge is 0.0542 e. The summed E-state index contributed by atoms with van der Waals surface area (Å²) in [6, 6.07) is 0. The molecule has 0 atom stereocenters. The molecule has 0 saturated carbocycles. The lowest BCUT2D eigenvalue weighted by molar-refractivity contribution is 0.269. The van der Waals surface area contributed by atoms with Gasteiger partial charge in [-0.05, 0) is 25.9 Å². The minimum atomic E-state index is 0. The summed E-state index contributed by atoms with van der Waals surface area (Å²) in [5, 5.41) is 0. The molecule has 0 aromatic heterocycles. The largest absolute Gasteiger partial charge is 0.344 e. The fourth-order valence-electron chi connectivity index (χ4n) is 1.08. The lowest BCUT2D eigenvalue weighted by Crippen LogP contribution is -2.27. The van der Waals surface area contributed by atoms with Crippen molar-refractivity contribution < 1.29 is 0 Å². The molecule has 0 bridgehead atoms. The summed E-state index contributed by atoms with van der Waals surface area (Å²) in [5.41, 5.74) is 1.06. The second-order valence-corrected chi connectivity index (χ2v) is 2.80. The second kappa shape index (κ2) is 5.21. The zero-order valence-electron chi connectivity index (χ0n) is 5.77. The van der Waals surface area contributed by atoms with Crippen molar-refractivity contribution in [2.75, 3.05) is 18.5 Å². The van der Waals surface area contributed by atoms with Crippen molar-refractivity contribution in [3.05, 3.63) is 0 Å². The van der Waals surface area contributed by atoms with E-state index in [1.807, 2.05) is 0 Å². The lowest BCUT2D eigenvalue weighted by Gasteiger charge is -2.23. The molecule has 0 aromatic carbocycles. The molecule has 0 aliphatic carbocycles. The first-order valence-corrected chi connectivity index (χ1v) is 4.34. The first-order chi connectivity index (χ1) is 3.93. The van der Waals surface area contributed by atoms with Gasteiger partial charge in [-0.3, -0.25) is 4.90 Å². The molecule has 1 aliphatic rings. The highest BCUT2D eigenvalue weighted by Gasteiger charge is 2.06. The molecular formula is C6H15BrN2. The van der Waals surface area contributed by atoms with Gasteiger partial charge in [0.05, 0.1) is 5.45 Å². The van der Waals surface area contributed by atoms with Crippen LogP contribution in [0.2, 0.25) is 0 Å². The van der Waals surface area contributed by atoms with Crippen LogP contribution in [0.5, 0.6) is 0 Å². The maximum absolute atomic E-state index is 3.44. The molecule has 3 heteroatoms. The summed E-state index contributed by atoms with van der Waals surface area (Å²) in [5.74, 6) is 0. The number of halogens is 1.